The molecule has 5 nitrogen and oxygen atoms in total. The third kappa shape index (κ3) is 6.19. The maximum atomic E-state index is 11.8. The number of hydrogen-bond acceptors (Lipinski definition) is 5. The first-order valence-corrected chi connectivity index (χ1v) is 7.25. The van der Waals surface area contributed by atoms with E-state index in [-0.39, 0.29) is 23.9 Å². The van der Waals surface area contributed by atoms with Crippen LogP contribution in [0.3, 0.4) is 0 Å². The first kappa shape index (κ1) is 16.7. The molecule has 0 aromatic heterocycles. The number of rotatable bonds is 7. The Hall–Kier alpha value is -1.36. The van der Waals surface area contributed by atoms with Crippen LogP contribution in [0.2, 0.25) is 0 Å². The molecular weight excluding hydrogens is 258 g/mol. The van der Waals surface area contributed by atoms with Gasteiger partial charge in [-0.25, -0.2) is 4.79 Å². The van der Waals surface area contributed by atoms with Gasteiger partial charge in [-0.3, -0.25) is 4.79 Å². The Kier molecular flexibility index (Phi) is 7.30. The van der Waals surface area contributed by atoms with E-state index in [9.17, 15) is 9.59 Å². The zero-order chi connectivity index (χ0) is 15.0. The second-order valence-electron chi connectivity index (χ2n) is 5.40. The fraction of sp³-hybridized carbons (Fsp3) is 0.733. The van der Waals surface area contributed by atoms with Gasteiger partial charge in [0, 0.05) is 11.6 Å². The van der Waals surface area contributed by atoms with Gasteiger partial charge >= 0.3 is 11.9 Å². The Bertz CT molecular complexity index is 346. The van der Waals surface area contributed by atoms with E-state index in [1.807, 2.05) is 0 Å². The van der Waals surface area contributed by atoms with Crippen molar-refractivity contribution in [2.75, 3.05) is 13.2 Å². The molecule has 1 rings (SSSR count). The first-order valence-electron chi connectivity index (χ1n) is 7.25. The van der Waals surface area contributed by atoms with Crippen molar-refractivity contribution in [1.29, 1.82) is 0 Å². The molecule has 114 valence electrons. The summed E-state index contributed by atoms with van der Waals surface area (Å²) in [7, 11) is 0. The number of ether oxygens (including phenoxy) is 2. The lowest BCUT2D eigenvalue weighted by Gasteiger charge is -2.24. The predicted octanol–water partition coefficient (Wildman–Crippen LogP) is 1.95. The highest BCUT2D eigenvalue weighted by atomic mass is 16.5. The van der Waals surface area contributed by atoms with Crippen molar-refractivity contribution in [3.8, 4) is 0 Å². The van der Waals surface area contributed by atoms with Crippen LogP contribution in [-0.4, -0.2) is 31.2 Å². The number of nitrogens with two attached hydrogens (primary N) is 1. The molecule has 1 aliphatic carbocycles. The number of carbonyl (C=O) groups excluding carboxylic acids is 2. The molecule has 20 heavy (non-hydrogen) atoms. The Balaban J connectivity index is 2.02. The largest absolute Gasteiger partial charge is 0.465 e. The molecule has 2 N–H and O–H groups in total. The van der Waals surface area contributed by atoms with Gasteiger partial charge in [0.15, 0.2) is 0 Å². The van der Waals surface area contributed by atoms with Crippen molar-refractivity contribution in [2.45, 2.75) is 51.5 Å². The summed E-state index contributed by atoms with van der Waals surface area (Å²) < 4.78 is 10.2. The molecular formula is C15H25NO4. The van der Waals surface area contributed by atoms with Crippen LogP contribution in [0.1, 0.15) is 45.4 Å². The highest BCUT2D eigenvalue weighted by Crippen LogP contribution is 2.24. The van der Waals surface area contributed by atoms with E-state index in [0.717, 1.165) is 25.7 Å². The first-order chi connectivity index (χ1) is 9.50. The lowest BCUT2D eigenvalue weighted by molar-refractivity contribution is -0.150. The smallest absolute Gasteiger partial charge is 0.333 e. The summed E-state index contributed by atoms with van der Waals surface area (Å²) in [5, 5.41) is 0. The molecule has 0 amide bonds. The van der Waals surface area contributed by atoms with Crippen LogP contribution in [0.25, 0.3) is 0 Å². The molecule has 0 aliphatic heterocycles. The summed E-state index contributed by atoms with van der Waals surface area (Å²) in [6.07, 6.45) is 4.84. The fourth-order valence-electron chi connectivity index (χ4n) is 2.14. The summed E-state index contributed by atoms with van der Waals surface area (Å²) in [6.45, 7) is 5.82. The number of esters is 2. The van der Waals surface area contributed by atoms with E-state index in [1.165, 1.54) is 0 Å². The van der Waals surface area contributed by atoms with Crippen LogP contribution in [0.4, 0.5) is 0 Å². The minimum absolute atomic E-state index is 0.0102. The van der Waals surface area contributed by atoms with E-state index < -0.39 is 0 Å². The van der Waals surface area contributed by atoms with Gasteiger partial charge in [-0.1, -0.05) is 6.58 Å². The third-order valence-corrected chi connectivity index (χ3v) is 3.47. The number of unbranched alkanes of at least 4 members (excludes halogenated alkanes) is 1. The zero-order valence-electron chi connectivity index (χ0n) is 12.2. The van der Waals surface area contributed by atoms with Crippen molar-refractivity contribution in [2.24, 2.45) is 11.7 Å². The van der Waals surface area contributed by atoms with Gasteiger partial charge in [-0.2, -0.15) is 0 Å². The van der Waals surface area contributed by atoms with Gasteiger partial charge < -0.3 is 15.2 Å². The molecule has 0 bridgehead atoms. The molecule has 0 spiro atoms. The van der Waals surface area contributed by atoms with E-state index in [2.05, 4.69) is 6.58 Å². The molecule has 0 aromatic rings. The van der Waals surface area contributed by atoms with Crippen molar-refractivity contribution < 1.29 is 19.1 Å². The van der Waals surface area contributed by atoms with E-state index in [4.69, 9.17) is 15.2 Å². The third-order valence-electron chi connectivity index (χ3n) is 3.47. The quantitative estimate of drug-likeness (QED) is 0.439. The van der Waals surface area contributed by atoms with Crippen molar-refractivity contribution >= 4 is 11.9 Å². The molecule has 1 aliphatic rings. The van der Waals surface area contributed by atoms with Gasteiger partial charge in [0.05, 0.1) is 19.1 Å². The topological polar surface area (TPSA) is 78.6 Å². The summed E-state index contributed by atoms with van der Waals surface area (Å²) in [5.74, 6) is -0.479. The van der Waals surface area contributed by atoms with Gasteiger partial charge in [0.25, 0.3) is 0 Å². The van der Waals surface area contributed by atoms with Gasteiger partial charge in [0.2, 0.25) is 0 Å². The summed E-state index contributed by atoms with van der Waals surface area (Å²) in [6, 6.07) is 0.238. The molecule has 0 atom stereocenters. The summed E-state index contributed by atoms with van der Waals surface area (Å²) >= 11 is 0. The molecule has 0 aromatic carbocycles. The number of hydrogen-bond donors (Lipinski definition) is 1. The Morgan fingerprint density at radius 2 is 1.65 bits per heavy atom. The minimum Gasteiger partial charge on any atom is -0.465 e. The summed E-state index contributed by atoms with van der Waals surface area (Å²) in [4.78, 5) is 22.9. The van der Waals surface area contributed by atoms with Gasteiger partial charge in [-0.05, 0) is 45.4 Å². The van der Waals surface area contributed by atoms with Crippen LogP contribution in [0.5, 0.6) is 0 Å². The predicted molar refractivity (Wildman–Crippen MR) is 75.9 cm³/mol. The molecule has 1 saturated carbocycles. The average molecular weight is 283 g/mol. The highest BCUT2D eigenvalue weighted by Gasteiger charge is 2.25. The van der Waals surface area contributed by atoms with Crippen LogP contribution in [0, 0.1) is 5.92 Å². The molecule has 1 fully saturated rings. The Morgan fingerprint density at radius 3 is 2.20 bits per heavy atom. The van der Waals surface area contributed by atoms with Crippen LogP contribution < -0.4 is 5.73 Å². The van der Waals surface area contributed by atoms with E-state index in [0.29, 0.717) is 31.6 Å². The molecule has 0 radical (unpaired) electrons. The van der Waals surface area contributed by atoms with Crippen molar-refractivity contribution in [1.82, 2.24) is 0 Å². The molecule has 5 heteroatoms. The normalized spacial score (nSPS) is 22.1. The fourth-order valence-corrected chi connectivity index (χ4v) is 2.14. The zero-order valence-corrected chi connectivity index (χ0v) is 12.2. The van der Waals surface area contributed by atoms with E-state index >= 15 is 0 Å². The van der Waals surface area contributed by atoms with Crippen LogP contribution >= 0.6 is 0 Å². The van der Waals surface area contributed by atoms with Crippen molar-refractivity contribution in [3.63, 3.8) is 0 Å². The second-order valence-corrected chi connectivity index (χ2v) is 5.40. The Labute approximate surface area is 120 Å². The monoisotopic (exact) mass is 283 g/mol. The summed E-state index contributed by atoms with van der Waals surface area (Å²) in [5.41, 5.74) is 6.19. The van der Waals surface area contributed by atoms with E-state index in [1.54, 1.807) is 6.92 Å². The Morgan fingerprint density at radius 1 is 1.10 bits per heavy atom. The van der Waals surface area contributed by atoms with Crippen molar-refractivity contribution in [3.05, 3.63) is 12.2 Å². The van der Waals surface area contributed by atoms with Gasteiger partial charge in [0.1, 0.15) is 0 Å². The maximum Gasteiger partial charge on any atom is 0.333 e. The average Bonchev–Trinajstić information content (AvgIpc) is 2.42. The highest BCUT2D eigenvalue weighted by molar-refractivity contribution is 5.86. The second kappa shape index (κ2) is 8.74. The van der Waals surface area contributed by atoms with Gasteiger partial charge in [-0.15, -0.1) is 0 Å². The molecule has 0 unspecified atom stereocenters. The maximum absolute atomic E-state index is 11.8. The lowest BCUT2D eigenvalue weighted by atomic mass is 9.86. The number of carbonyl (C=O) groups is 2. The van der Waals surface area contributed by atoms with Crippen LogP contribution in [-0.2, 0) is 19.1 Å². The van der Waals surface area contributed by atoms with Crippen LogP contribution in [0.15, 0.2) is 12.2 Å². The SMILES string of the molecule is C=C(C)C(=O)OCCCCOC(=O)C1CCC(N)CC1. The molecule has 0 saturated heterocycles. The minimum atomic E-state index is -0.375. The standard InChI is InChI=1S/C15H25NO4/c1-11(2)14(17)19-9-3-4-10-20-15(18)12-5-7-13(16)8-6-12/h12-13H,1,3-10,16H2,2H3. The molecule has 0 heterocycles. The lowest BCUT2D eigenvalue weighted by Crippen LogP contribution is -2.30.